The summed E-state index contributed by atoms with van der Waals surface area (Å²) in [6.07, 6.45) is 3.16. The molecule has 0 fully saturated rings. The molecule has 2 aromatic rings. The lowest BCUT2D eigenvalue weighted by Crippen LogP contribution is -2.39. The molecule has 0 aliphatic rings. The number of aryl methyl sites for hydroxylation is 1. The van der Waals surface area contributed by atoms with Crippen LogP contribution in [0, 0.1) is 0 Å². The average Bonchev–Trinajstić information content (AvgIpc) is 3.02. The van der Waals surface area contributed by atoms with Crippen molar-refractivity contribution in [2.75, 3.05) is 13.1 Å². The molecule has 0 saturated carbocycles. The smallest absolute Gasteiger partial charge is 0.191 e. The first-order valence-corrected chi connectivity index (χ1v) is 9.08. The highest BCUT2D eigenvalue weighted by atomic mass is 16.3. The van der Waals surface area contributed by atoms with E-state index in [4.69, 9.17) is 0 Å². The third kappa shape index (κ3) is 5.88. The minimum absolute atomic E-state index is 0.110. The standard InChI is InChI=1S/C20H31N5O/c1-6-21-19(22-11-15-12-24-25(5)14-15)23-13-18(26)16-7-9-17(10-8-16)20(2,3)4/h7-10,12,14,18,26H,6,11,13H2,1-5H3,(H2,21,22,23). The van der Waals surface area contributed by atoms with E-state index in [0.717, 1.165) is 17.7 Å². The molecule has 6 heteroatoms. The molecule has 1 aromatic carbocycles. The SMILES string of the molecule is CCNC(=NCc1cnn(C)c1)NCC(O)c1ccc(C(C)(C)C)cc1. The van der Waals surface area contributed by atoms with Crippen LogP contribution in [0.25, 0.3) is 0 Å². The van der Waals surface area contributed by atoms with Gasteiger partial charge in [-0.3, -0.25) is 4.68 Å². The highest BCUT2D eigenvalue weighted by Gasteiger charge is 2.14. The van der Waals surface area contributed by atoms with Crippen LogP contribution in [0.3, 0.4) is 0 Å². The van der Waals surface area contributed by atoms with Crippen molar-refractivity contribution in [2.24, 2.45) is 12.0 Å². The van der Waals surface area contributed by atoms with Crippen LogP contribution < -0.4 is 10.6 Å². The first-order chi connectivity index (χ1) is 12.3. The molecule has 26 heavy (non-hydrogen) atoms. The largest absolute Gasteiger partial charge is 0.387 e. The molecule has 0 aliphatic heterocycles. The highest BCUT2D eigenvalue weighted by molar-refractivity contribution is 5.79. The van der Waals surface area contributed by atoms with Gasteiger partial charge in [-0.15, -0.1) is 0 Å². The summed E-state index contributed by atoms with van der Waals surface area (Å²) in [6, 6.07) is 8.15. The van der Waals surface area contributed by atoms with Gasteiger partial charge in [0.1, 0.15) is 0 Å². The average molecular weight is 358 g/mol. The Bertz CT molecular complexity index is 713. The number of nitrogens with one attached hydrogen (secondary N) is 2. The monoisotopic (exact) mass is 357 g/mol. The van der Waals surface area contributed by atoms with Crippen LogP contribution in [0.2, 0.25) is 0 Å². The zero-order valence-corrected chi connectivity index (χ0v) is 16.5. The van der Waals surface area contributed by atoms with Crippen molar-refractivity contribution in [3.05, 3.63) is 53.3 Å². The first kappa shape index (κ1) is 20.0. The van der Waals surface area contributed by atoms with E-state index >= 15 is 0 Å². The molecule has 0 amide bonds. The van der Waals surface area contributed by atoms with Gasteiger partial charge in [-0.05, 0) is 23.5 Å². The van der Waals surface area contributed by atoms with E-state index < -0.39 is 6.10 Å². The van der Waals surface area contributed by atoms with Gasteiger partial charge in [0.05, 0.1) is 18.8 Å². The number of benzene rings is 1. The number of aliphatic hydroxyl groups excluding tert-OH is 1. The lowest BCUT2D eigenvalue weighted by molar-refractivity contribution is 0.181. The lowest BCUT2D eigenvalue weighted by Gasteiger charge is -2.20. The Hall–Kier alpha value is -2.34. The Morgan fingerprint density at radius 3 is 2.46 bits per heavy atom. The van der Waals surface area contributed by atoms with Gasteiger partial charge < -0.3 is 15.7 Å². The van der Waals surface area contributed by atoms with Crippen molar-refractivity contribution in [2.45, 2.75) is 45.8 Å². The maximum Gasteiger partial charge on any atom is 0.191 e. The van der Waals surface area contributed by atoms with E-state index in [1.54, 1.807) is 10.9 Å². The number of aliphatic hydroxyl groups is 1. The molecule has 2 rings (SSSR count). The van der Waals surface area contributed by atoms with E-state index in [1.165, 1.54) is 5.56 Å². The normalized spacial score (nSPS) is 13.5. The van der Waals surface area contributed by atoms with Gasteiger partial charge in [-0.2, -0.15) is 5.10 Å². The van der Waals surface area contributed by atoms with Crippen molar-refractivity contribution in [3.8, 4) is 0 Å². The van der Waals surface area contributed by atoms with Gasteiger partial charge in [0.25, 0.3) is 0 Å². The molecule has 3 N–H and O–H groups in total. The maximum absolute atomic E-state index is 10.5. The Kier molecular flexibility index (Phi) is 6.80. The number of aliphatic imine (C=N–C) groups is 1. The second kappa shape index (κ2) is 8.85. The van der Waals surface area contributed by atoms with E-state index in [9.17, 15) is 5.11 Å². The summed E-state index contributed by atoms with van der Waals surface area (Å²) in [7, 11) is 1.89. The van der Waals surface area contributed by atoms with Crippen LogP contribution in [0.4, 0.5) is 0 Å². The van der Waals surface area contributed by atoms with Crippen LogP contribution in [-0.4, -0.2) is 33.9 Å². The zero-order chi connectivity index (χ0) is 19.2. The molecular weight excluding hydrogens is 326 g/mol. The zero-order valence-electron chi connectivity index (χ0n) is 16.5. The van der Waals surface area contributed by atoms with Crippen molar-refractivity contribution in [1.29, 1.82) is 0 Å². The number of hydrogen-bond donors (Lipinski definition) is 3. The summed E-state index contributed by atoms with van der Waals surface area (Å²) in [5.41, 5.74) is 3.31. The number of hydrogen-bond acceptors (Lipinski definition) is 3. The van der Waals surface area contributed by atoms with E-state index in [2.05, 4.69) is 53.6 Å². The van der Waals surface area contributed by atoms with Crippen LogP contribution in [0.15, 0.2) is 41.7 Å². The highest BCUT2D eigenvalue weighted by Crippen LogP contribution is 2.23. The summed E-state index contributed by atoms with van der Waals surface area (Å²) in [6.45, 7) is 10.3. The van der Waals surface area contributed by atoms with Crippen molar-refractivity contribution < 1.29 is 5.11 Å². The topological polar surface area (TPSA) is 74.5 Å². The van der Waals surface area contributed by atoms with E-state index in [-0.39, 0.29) is 5.41 Å². The number of aromatic nitrogens is 2. The molecule has 1 heterocycles. The summed E-state index contributed by atoms with van der Waals surface area (Å²) in [4.78, 5) is 4.54. The van der Waals surface area contributed by atoms with Gasteiger partial charge in [-0.1, -0.05) is 45.0 Å². The minimum Gasteiger partial charge on any atom is -0.387 e. The number of nitrogens with zero attached hydrogens (tertiary/aromatic N) is 3. The Balaban J connectivity index is 1.94. The summed E-state index contributed by atoms with van der Waals surface area (Å²) in [5, 5.41) is 21.0. The predicted molar refractivity (Wildman–Crippen MR) is 106 cm³/mol. The second-order valence-corrected chi connectivity index (χ2v) is 7.49. The Labute approximate surface area is 156 Å². The van der Waals surface area contributed by atoms with E-state index in [1.807, 2.05) is 32.3 Å². The summed E-state index contributed by atoms with van der Waals surface area (Å²) >= 11 is 0. The molecule has 0 spiro atoms. The summed E-state index contributed by atoms with van der Waals surface area (Å²) in [5.74, 6) is 0.682. The van der Waals surface area contributed by atoms with Crippen LogP contribution in [0.5, 0.6) is 0 Å². The van der Waals surface area contributed by atoms with Gasteiger partial charge >= 0.3 is 0 Å². The molecule has 1 atom stereocenters. The van der Waals surface area contributed by atoms with Crippen LogP contribution in [-0.2, 0) is 19.0 Å². The molecule has 0 saturated heterocycles. The summed E-state index contributed by atoms with van der Waals surface area (Å²) < 4.78 is 1.76. The molecule has 1 aromatic heterocycles. The van der Waals surface area contributed by atoms with Crippen molar-refractivity contribution in [3.63, 3.8) is 0 Å². The molecule has 0 radical (unpaired) electrons. The molecule has 0 aliphatic carbocycles. The quantitative estimate of drug-likeness (QED) is 0.549. The molecule has 6 nitrogen and oxygen atoms in total. The Morgan fingerprint density at radius 1 is 1.23 bits per heavy atom. The number of rotatable bonds is 6. The molecule has 142 valence electrons. The van der Waals surface area contributed by atoms with Crippen molar-refractivity contribution >= 4 is 5.96 Å². The van der Waals surface area contributed by atoms with Crippen LogP contribution >= 0.6 is 0 Å². The fraction of sp³-hybridized carbons (Fsp3) is 0.500. The Morgan fingerprint density at radius 2 is 1.92 bits per heavy atom. The number of guanidine groups is 1. The van der Waals surface area contributed by atoms with Gasteiger partial charge in [0.15, 0.2) is 5.96 Å². The third-order valence-corrected chi connectivity index (χ3v) is 4.15. The maximum atomic E-state index is 10.5. The van der Waals surface area contributed by atoms with Gasteiger partial charge in [0, 0.05) is 31.9 Å². The second-order valence-electron chi connectivity index (χ2n) is 7.49. The molecule has 1 unspecified atom stereocenters. The van der Waals surface area contributed by atoms with Crippen LogP contribution in [0.1, 0.15) is 50.5 Å². The van der Waals surface area contributed by atoms with Crippen molar-refractivity contribution in [1.82, 2.24) is 20.4 Å². The fourth-order valence-corrected chi connectivity index (χ4v) is 2.58. The van der Waals surface area contributed by atoms with E-state index in [0.29, 0.717) is 19.0 Å². The minimum atomic E-state index is -0.591. The van der Waals surface area contributed by atoms with Gasteiger partial charge in [-0.25, -0.2) is 4.99 Å². The molecule has 0 bridgehead atoms. The predicted octanol–water partition coefficient (Wildman–Crippen LogP) is 2.51. The lowest BCUT2D eigenvalue weighted by atomic mass is 9.86. The third-order valence-electron chi connectivity index (χ3n) is 4.15. The first-order valence-electron chi connectivity index (χ1n) is 9.08. The fourth-order valence-electron chi connectivity index (χ4n) is 2.58. The van der Waals surface area contributed by atoms with Gasteiger partial charge in [0.2, 0.25) is 0 Å². The molecular formula is C20H31N5O.